The first-order chi connectivity index (χ1) is 10.0. The van der Waals surface area contributed by atoms with Crippen LogP contribution in [0.5, 0.6) is 5.75 Å². The van der Waals surface area contributed by atoms with Gasteiger partial charge >= 0.3 is 0 Å². The Bertz CT molecular complexity index is 530. The van der Waals surface area contributed by atoms with Crippen molar-refractivity contribution in [1.29, 1.82) is 0 Å². The van der Waals surface area contributed by atoms with Crippen molar-refractivity contribution < 1.29 is 4.74 Å². The summed E-state index contributed by atoms with van der Waals surface area (Å²) in [5, 5.41) is 0. The number of benzene rings is 1. The van der Waals surface area contributed by atoms with Crippen LogP contribution in [0.15, 0.2) is 16.6 Å². The van der Waals surface area contributed by atoms with Crippen LogP contribution < -0.4 is 16.0 Å². The van der Waals surface area contributed by atoms with E-state index in [0.717, 1.165) is 29.7 Å². The summed E-state index contributed by atoms with van der Waals surface area (Å²) in [6.07, 6.45) is 5.81. The van der Waals surface area contributed by atoms with E-state index < -0.39 is 0 Å². The molecule has 0 saturated heterocycles. The van der Waals surface area contributed by atoms with E-state index in [4.69, 9.17) is 10.6 Å². The highest BCUT2D eigenvalue weighted by Crippen LogP contribution is 2.45. The van der Waals surface area contributed by atoms with Gasteiger partial charge in [-0.3, -0.25) is 11.3 Å². The van der Waals surface area contributed by atoms with Crippen LogP contribution in [0.3, 0.4) is 0 Å². The van der Waals surface area contributed by atoms with Gasteiger partial charge in [0.2, 0.25) is 0 Å². The number of fused-ring (bicyclic) bond motifs is 1. The summed E-state index contributed by atoms with van der Waals surface area (Å²) in [4.78, 5) is 0. The summed E-state index contributed by atoms with van der Waals surface area (Å²) in [6, 6.07) is 4.68. The molecule has 0 radical (unpaired) electrons. The molecular weight excluding hydrogens is 328 g/mol. The van der Waals surface area contributed by atoms with Crippen LogP contribution in [0.25, 0.3) is 0 Å². The smallest absolute Gasteiger partial charge is 0.125 e. The third-order valence-corrected chi connectivity index (χ3v) is 5.76. The Hall–Kier alpha value is -0.580. The minimum absolute atomic E-state index is 0.310. The molecule has 0 aromatic heterocycles. The molecule has 21 heavy (non-hydrogen) atoms. The van der Waals surface area contributed by atoms with Crippen LogP contribution in [-0.2, 0) is 12.8 Å². The SMILES string of the molecule is CC1(C)CCCC1C(Cc1cc(Br)cc2c1OCC2)NN. The van der Waals surface area contributed by atoms with E-state index in [1.165, 1.54) is 30.4 Å². The van der Waals surface area contributed by atoms with Crippen molar-refractivity contribution in [2.45, 2.75) is 52.0 Å². The van der Waals surface area contributed by atoms with Crippen LogP contribution in [0.4, 0.5) is 0 Å². The van der Waals surface area contributed by atoms with Gasteiger partial charge in [0.05, 0.1) is 6.61 Å². The highest BCUT2D eigenvalue weighted by atomic mass is 79.9. The summed E-state index contributed by atoms with van der Waals surface area (Å²) in [5.41, 5.74) is 6.06. The first-order valence-corrected chi connectivity index (χ1v) is 8.71. The number of ether oxygens (including phenoxy) is 1. The zero-order chi connectivity index (χ0) is 15.0. The lowest BCUT2D eigenvalue weighted by Crippen LogP contribution is -2.45. The monoisotopic (exact) mass is 352 g/mol. The predicted octanol–water partition coefficient (Wildman–Crippen LogP) is 3.58. The molecule has 1 heterocycles. The third-order valence-electron chi connectivity index (χ3n) is 5.30. The molecule has 2 atom stereocenters. The van der Waals surface area contributed by atoms with Gasteiger partial charge in [-0.1, -0.05) is 36.2 Å². The Labute approximate surface area is 135 Å². The van der Waals surface area contributed by atoms with Crippen molar-refractivity contribution in [2.75, 3.05) is 6.61 Å². The highest BCUT2D eigenvalue weighted by molar-refractivity contribution is 9.10. The van der Waals surface area contributed by atoms with E-state index in [1.54, 1.807) is 0 Å². The predicted molar refractivity (Wildman–Crippen MR) is 89.3 cm³/mol. The average Bonchev–Trinajstić information content (AvgIpc) is 3.01. The second kappa shape index (κ2) is 5.90. The van der Waals surface area contributed by atoms with Gasteiger partial charge in [0, 0.05) is 16.9 Å². The van der Waals surface area contributed by atoms with E-state index in [0.29, 0.717) is 17.4 Å². The fraction of sp³-hybridized carbons (Fsp3) is 0.647. The van der Waals surface area contributed by atoms with Gasteiger partial charge in [-0.2, -0.15) is 0 Å². The van der Waals surface area contributed by atoms with E-state index in [9.17, 15) is 0 Å². The maximum Gasteiger partial charge on any atom is 0.125 e. The van der Waals surface area contributed by atoms with Gasteiger partial charge in [0.25, 0.3) is 0 Å². The van der Waals surface area contributed by atoms with Crippen molar-refractivity contribution in [3.8, 4) is 5.75 Å². The standard InChI is InChI=1S/C17H25BrN2O/c1-17(2)6-3-4-14(17)15(20-19)10-12-9-13(18)8-11-5-7-21-16(11)12/h8-9,14-15,20H,3-7,10,19H2,1-2H3. The molecule has 3 N–H and O–H groups in total. The normalized spacial score (nSPS) is 24.7. The maximum absolute atomic E-state index is 5.90. The quantitative estimate of drug-likeness (QED) is 0.643. The first kappa shape index (κ1) is 15.3. The fourth-order valence-electron chi connectivity index (χ4n) is 4.15. The van der Waals surface area contributed by atoms with Crippen LogP contribution in [-0.4, -0.2) is 12.6 Å². The second-order valence-corrected chi connectivity index (χ2v) is 8.03. The van der Waals surface area contributed by atoms with Gasteiger partial charge in [-0.25, -0.2) is 0 Å². The molecule has 1 saturated carbocycles. The number of hydrogen-bond acceptors (Lipinski definition) is 3. The summed E-state index contributed by atoms with van der Waals surface area (Å²) in [7, 11) is 0. The Morgan fingerprint density at radius 2 is 2.29 bits per heavy atom. The summed E-state index contributed by atoms with van der Waals surface area (Å²) >= 11 is 3.63. The van der Waals surface area contributed by atoms with Gasteiger partial charge in [-0.05, 0) is 53.9 Å². The van der Waals surface area contributed by atoms with Crippen molar-refractivity contribution in [2.24, 2.45) is 17.2 Å². The molecule has 0 bridgehead atoms. The Morgan fingerprint density at radius 3 is 2.95 bits per heavy atom. The van der Waals surface area contributed by atoms with Gasteiger partial charge < -0.3 is 4.74 Å². The summed E-state index contributed by atoms with van der Waals surface area (Å²) in [5.74, 6) is 7.62. The molecule has 1 aromatic carbocycles. The lowest BCUT2D eigenvalue weighted by Gasteiger charge is -2.34. The molecular formula is C17H25BrN2O. The molecule has 3 rings (SSSR count). The van der Waals surface area contributed by atoms with E-state index in [2.05, 4.69) is 47.3 Å². The summed E-state index contributed by atoms with van der Waals surface area (Å²) in [6.45, 7) is 5.54. The average molecular weight is 353 g/mol. The van der Waals surface area contributed by atoms with Crippen molar-refractivity contribution >= 4 is 15.9 Å². The second-order valence-electron chi connectivity index (χ2n) is 7.12. The molecule has 1 aliphatic carbocycles. The van der Waals surface area contributed by atoms with Crippen LogP contribution >= 0.6 is 15.9 Å². The lowest BCUT2D eigenvalue weighted by molar-refractivity contribution is 0.195. The molecule has 0 amide bonds. The lowest BCUT2D eigenvalue weighted by atomic mass is 9.76. The van der Waals surface area contributed by atoms with Crippen LogP contribution in [0, 0.1) is 11.3 Å². The molecule has 2 unspecified atom stereocenters. The molecule has 1 aromatic rings. The number of hydrogen-bond donors (Lipinski definition) is 2. The number of nitrogens with two attached hydrogens (primary N) is 1. The number of hydrazine groups is 1. The Balaban J connectivity index is 1.85. The highest BCUT2D eigenvalue weighted by Gasteiger charge is 2.39. The Kier molecular flexibility index (Phi) is 4.30. The molecule has 4 heteroatoms. The maximum atomic E-state index is 5.90. The third kappa shape index (κ3) is 2.99. The van der Waals surface area contributed by atoms with Gasteiger partial charge in [0.1, 0.15) is 5.75 Å². The minimum Gasteiger partial charge on any atom is -0.493 e. The van der Waals surface area contributed by atoms with Gasteiger partial charge in [0.15, 0.2) is 0 Å². The number of nitrogens with one attached hydrogen (secondary N) is 1. The largest absolute Gasteiger partial charge is 0.493 e. The van der Waals surface area contributed by atoms with E-state index in [1.807, 2.05) is 0 Å². The zero-order valence-corrected chi connectivity index (χ0v) is 14.5. The molecule has 1 aliphatic heterocycles. The number of rotatable bonds is 4. The van der Waals surface area contributed by atoms with Gasteiger partial charge in [-0.15, -0.1) is 0 Å². The molecule has 3 nitrogen and oxygen atoms in total. The summed E-state index contributed by atoms with van der Waals surface area (Å²) < 4.78 is 7.00. The van der Waals surface area contributed by atoms with E-state index in [-0.39, 0.29) is 0 Å². The number of halogens is 1. The Morgan fingerprint density at radius 1 is 1.48 bits per heavy atom. The van der Waals surface area contributed by atoms with Crippen molar-refractivity contribution in [3.05, 3.63) is 27.7 Å². The van der Waals surface area contributed by atoms with Crippen LogP contribution in [0.2, 0.25) is 0 Å². The minimum atomic E-state index is 0.310. The van der Waals surface area contributed by atoms with Crippen molar-refractivity contribution in [3.63, 3.8) is 0 Å². The molecule has 116 valence electrons. The fourth-order valence-corrected chi connectivity index (χ4v) is 4.70. The zero-order valence-electron chi connectivity index (χ0n) is 12.9. The molecule has 0 spiro atoms. The first-order valence-electron chi connectivity index (χ1n) is 7.91. The van der Waals surface area contributed by atoms with E-state index >= 15 is 0 Å². The molecule has 1 fully saturated rings. The van der Waals surface area contributed by atoms with Crippen molar-refractivity contribution in [1.82, 2.24) is 5.43 Å². The topological polar surface area (TPSA) is 47.3 Å². The molecule has 2 aliphatic rings. The van der Waals surface area contributed by atoms with Crippen LogP contribution in [0.1, 0.15) is 44.2 Å².